The highest BCUT2D eigenvalue weighted by Gasteiger charge is 2.77. The maximum Gasteiger partial charge on any atom is 0.312 e. The zero-order valence-corrected chi connectivity index (χ0v) is 27.6. The molecule has 45 heavy (non-hydrogen) atoms. The fourth-order valence-electron chi connectivity index (χ4n) is 6.75. The summed E-state index contributed by atoms with van der Waals surface area (Å²) in [6.07, 6.45) is 4.97. The van der Waals surface area contributed by atoms with E-state index >= 15 is 0 Å². The third-order valence-electron chi connectivity index (χ3n) is 8.79. The van der Waals surface area contributed by atoms with Crippen molar-refractivity contribution < 1.29 is 38.5 Å². The van der Waals surface area contributed by atoms with E-state index in [0.29, 0.717) is 43.5 Å². The van der Waals surface area contributed by atoms with Crippen molar-refractivity contribution in [1.82, 2.24) is 10.2 Å². The van der Waals surface area contributed by atoms with E-state index in [2.05, 4.69) is 34.4 Å². The van der Waals surface area contributed by atoms with Crippen molar-refractivity contribution in [2.45, 2.75) is 74.1 Å². The van der Waals surface area contributed by atoms with Gasteiger partial charge in [-0.05, 0) is 63.3 Å². The molecule has 3 aliphatic rings. The van der Waals surface area contributed by atoms with E-state index in [1.165, 1.54) is 0 Å². The summed E-state index contributed by atoms with van der Waals surface area (Å²) in [6.45, 7) is 9.76. The van der Waals surface area contributed by atoms with Crippen molar-refractivity contribution in [3.63, 3.8) is 0 Å². The van der Waals surface area contributed by atoms with Crippen LogP contribution in [0.4, 0.5) is 5.69 Å². The summed E-state index contributed by atoms with van der Waals surface area (Å²) in [4.78, 5) is 57.5. The highest BCUT2D eigenvalue weighted by Crippen LogP contribution is 2.60. The molecule has 7 atom stereocenters. The zero-order chi connectivity index (χ0) is 32.7. The van der Waals surface area contributed by atoms with Crippen molar-refractivity contribution in [2.75, 3.05) is 38.3 Å². The van der Waals surface area contributed by atoms with Gasteiger partial charge in [-0.2, -0.15) is 0 Å². The lowest BCUT2D eigenvalue weighted by Crippen LogP contribution is -2.57. The number of benzene rings is 1. The zero-order valence-electron chi connectivity index (χ0n) is 26.0. The molecule has 4 rings (SSSR count). The Labute approximate surface area is 273 Å². The number of methoxy groups -OCH3 is 1. The average Bonchev–Trinajstić information content (AvgIpc) is 3.62. The van der Waals surface area contributed by atoms with Gasteiger partial charge < -0.3 is 34.4 Å². The Balaban J connectivity index is 1.63. The number of rotatable bonds is 17. The quantitative estimate of drug-likeness (QED) is 0.110. The molecule has 3 fully saturated rings. The van der Waals surface area contributed by atoms with E-state index in [1.807, 2.05) is 0 Å². The van der Waals surface area contributed by atoms with Gasteiger partial charge in [-0.1, -0.05) is 28.1 Å². The summed E-state index contributed by atoms with van der Waals surface area (Å²) in [5, 5.41) is 12.1. The van der Waals surface area contributed by atoms with Crippen LogP contribution in [0, 0.1) is 11.8 Å². The van der Waals surface area contributed by atoms with Crippen LogP contribution in [0.2, 0.25) is 0 Å². The molecule has 2 N–H and O–H groups in total. The number of carbonyl (C=O) groups excluding carboxylic acids is 4. The van der Waals surface area contributed by atoms with Gasteiger partial charge >= 0.3 is 5.97 Å². The molecule has 1 spiro atoms. The topological polar surface area (TPSA) is 135 Å². The van der Waals surface area contributed by atoms with Gasteiger partial charge in [0.1, 0.15) is 23.5 Å². The van der Waals surface area contributed by atoms with E-state index in [-0.39, 0.29) is 55.2 Å². The maximum atomic E-state index is 14.6. The Hall–Kier alpha value is -3.22. The number of hydrogen-bond acceptors (Lipinski definition) is 8. The molecular weight excluding hydrogens is 646 g/mol. The van der Waals surface area contributed by atoms with Crippen molar-refractivity contribution in [3.05, 3.63) is 49.6 Å². The van der Waals surface area contributed by atoms with Crippen LogP contribution in [0.5, 0.6) is 5.75 Å². The summed E-state index contributed by atoms with van der Waals surface area (Å²) in [5.41, 5.74) is -0.641. The average molecular weight is 691 g/mol. The van der Waals surface area contributed by atoms with Crippen LogP contribution in [0.15, 0.2) is 49.6 Å². The molecule has 0 radical (unpaired) electrons. The Kier molecular flexibility index (Phi) is 11.8. The SMILES string of the molecule is C=CCCC(=O)NC[C@H](C)OC(=O)[C@H]1[C@@H]2O[C@@]3(CC2Br)[C@@H]1C(=O)N(CCCCCO)[C@@H]3C(=O)N(CC=C)c1ccc(OC)cc1. The minimum absolute atomic E-state index is 0.0321. The number of amides is 3. The molecule has 1 aromatic carbocycles. The largest absolute Gasteiger partial charge is 0.497 e. The Bertz CT molecular complexity index is 1260. The van der Waals surface area contributed by atoms with Gasteiger partial charge in [0.25, 0.3) is 5.91 Å². The predicted molar refractivity (Wildman–Crippen MR) is 172 cm³/mol. The number of hydrogen-bond donors (Lipinski definition) is 2. The Morgan fingerprint density at radius 1 is 1.22 bits per heavy atom. The number of allylic oxidation sites excluding steroid dienone is 1. The number of alkyl halides is 1. The van der Waals surface area contributed by atoms with Crippen LogP contribution in [0.1, 0.15) is 45.4 Å². The van der Waals surface area contributed by atoms with Crippen molar-refractivity contribution in [2.24, 2.45) is 11.8 Å². The number of nitrogens with one attached hydrogen (secondary N) is 1. The number of aliphatic hydroxyl groups is 1. The minimum atomic E-state index is -1.25. The molecule has 3 saturated heterocycles. The van der Waals surface area contributed by atoms with Crippen LogP contribution in [0.3, 0.4) is 0 Å². The number of esters is 1. The maximum absolute atomic E-state index is 14.6. The summed E-state index contributed by atoms with van der Waals surface area (Å²) in [5.74, 6) is -2.62. The van der Waals surface area contributed by atoms with Gasteiger partial charge in [-0.3, -0.25) is 19.2 Å². The van der Waals surface area contributed by atoms with Crippen molar-refractivity contribution >= 4 is 45.3 Å². The van der Waals surface area contributed by atoms with Crippen LogP contribution >= 0.6 is 15.9 Å². The standard InChI is InChI=1S/C33H44BrN3O8/c1-5-7-11-25(39)35-20-21(3)44-32(42)26-27-30(40)37(17-9-8-10-18-38)29(33(27)19-24(34)28(26)45-33)31(41)36(16-6-2)22-12-14-23(43-4)15-13-22/h5-6,12-15,21,24,26-29,38H,1-2,7-11,16-20H2,3-4H3,(H,35,39)/t21-,24?,26+,27-,28+,29+,33-/m0/s1. The molecule has 12 heteroatoms. The summed E-state index contributed by atoms with van der Waals surface area (Å²) >= 11 is 3.68. The highest BCUT2D eigenvalue weighted by atomic mass is 79.9. The second-order valence-corrected chi connectivity index (χ2v) is 13.0. The first-order valence-electron chi connectivity index (χ1n) is 15.5. The normalized spacial score (nSPS) is 27.1. The fourth-order valence-corrected chi connectivity index (χ4v) is 7.69. The van der Waals surface area contributed by atoms with E-state index in [0.717, 1.165) is 0 Å². The van der Waals surface area contributed by atoms with Crippen LogP contribution in [-0.2, 0) is 28.7 Å². The molecular formula is C33H44BrN3O8. The van der Waals surface area contributed by atoms with E-state index in [4.69, 9.17) is 14.2 Å². The summed E-state index contributed by atoms with van der Waals surface area (Å²) < 4.78 is 17.7. The smallest absolute Gasteiger partial charge is 0.312 e. The lowest BCUT2D eigenvalue weighted by atomic mass is 9.70. The molecule has 11 nitrogen and oxygen atoms in total. The molecule has 0 aromatic heterocycles. The summed E-state index contributed by atoms with van der Waals surface area (Å²) in [7, 11) is 1.56. The fraction of sp³-hybridized carbons (Fsp3) is 0.576. The number of halogens is 1. The third kappa shape index (κ3) is 7.12. The monoisotopic (exact) mass is 689 g/mol. The number of likely N-dealkylation sites (tertiary alicyclic amines) is 1. The Morgan fingerprint density at radius 3 is 2.60 bits per heavy atom. The highest BCUT2D eigenvalue weighted by molar-refractivity contribution is 9.09. The van der Waals surface area contributed by atoms with Gasteiger partial charge in [0, 0.05) is 36.6 Å². The number of anilines is 1. The van der Waals surface area contributed by atoms with Gasteiger partial charge in [0.15, 0.2) is 0 Å². The van der Waals surface area contributed by atoms with Crippen LogP contribution < -0.4 is 15.0 Å². The van der Waals surface area contributed by atoms with Crippen molar-refractivity contribution in [3.8, 4) is 5.75 Å². The number of carbonyl (C=O) groups is 4. The molecule has 0 aliphatic carbocycles. The predicted octanol–water partition coefficient (Wildman–Crippen LogP) is 3.14. The summed E-state index contributed by atoms with van der Waals surface area (Å²) in [6, 6.07) is 6.07. The third-order valence-corrected chi connectivity index (χ3v) is 9.64. The van der Waals surface area contributed by atoms with E-state index in [1.54, 1.807) is 60.3 Å². The first-order chi connectivity index (χ1) is 21.6. The van der Waals surface area contributed by atoms with E-state index in [9.17, 15) is 24.3 Å². The number of nitrogens with zero attached hydrogens (tertiary/aromatic N) is 2. The molecule has 3 amide bonds. The first-order valence-corrected chi connectivity index (χ1v) is 16.4. The van der Waals surface area contributed by atoms with Gasteiger partial charge in [-0.25, -0.2) is 0 Å². The Morgan fingerprint density at radius 2 is 1.96 bits per heavy atom. The number of aliphatic hydroxyl groups excluding tert-OH is 1. The number of ether oxygens (including phenoxy) is 3. The lowest BCUT2D eigenvalue weighted by Gasteiger charge is -2.37. The van der Waals surface area contributed by atoms with Crippen molar-refractivity contribution in [1.29, 1.82) is 0 Å². The number of unbranched alkanes of at least 4 members (excludes halogenated alkanes) is 2. The lowest BCUT2D eigenvalue weighted by molar-refractivity contribution is -0.159. The second kappa shape index (κ2) is 15.4. The van der Waals surface area contributed by atoms with Gasteiger partial charge in [0.05, 0.1) is 31.6 Å². The molecule has 2 bridgehead atoms. The van der Waals surface area contributed by atoms with Crippen LogP contribution in [0.25, 0.3) is 0 Å². The minimum Gasteiger partial charge on any atom is -0.497 e. The number of fused-ring (bicyclic) bond motifs is 1. The molecule has 3 heterocycles. The first kappa shape index (κ1) is 34.6. The molecule has 1 aromatic rings. The molecule has 246 valence electrons. The van der Waals surface area contributed by atoms with E-state index < -0.39 is 41.7 Å². The molecule has 0 saturated carbocycles. The van der Waals surface area contributed by atoms with Gasteiger partial charge in [0.2, 0.25) is 11.8 Å². The van der Waals surface area contributed by atoms with Gasteiger partial charge in [-0.15, -0.1) is 13.2 Å². The molecule has 3 aliphatic heterocycles. The second-order valence-electron chi connectivity index (χ2n) is 11.8. The molecule has 1 unspecified atom stereocenters. The van der Waals surface area contributed by atoms with Crippen LogP contribution in [-0.4, -0.2) is 95.7 Å².